The highest BCUT2D eigenvalue weighted by atomic mass is 16.3. The van der Waals surface area contributed by atoms with Crippen molar-refractivity contribution in [2.75, 3.05) is 0 Å². The number of hydrogen-bond donors (Lipinski definition) is 1. The number of phenols is 1. The van der Waals surface area contributed by atoms with E-state index >= 15 is 0 Å². The van der Waals surface area contributed by atoms with Crippen LogP contribution in [-0.4, -0.2) is 5.11 Å². The van der Waals surface area contributed by atoms with E-state index in [-0.39, 0.29) is 5.41 Å². The van der Waals surface area contributed by atoms with Crippen molar-refractivity contribution in [2.24, 2.45) is 0 Å². The quantitative estimate of drug-likeness (QED) is 0.436. The van der Waals surface area contributed by atoms with Crippen LogP contribution in [-0.2, 0) is 5.41 Å². The summed E-state index contributed by atoms with van der Waals surface area (Å²) in [5, 5.41) is 10.5. The lowest BCUT2D eigenvalue weighted by Crippen LogP contribution is -2.12. The minimum atomic E-state index is 0.130. The molecule has 24 heavy (non-hydrogen) atoms. The predicted molar refractivity (Wildman–Crippen MR) is 107 cm³/mol. The van der Waals surface area contributed by atoms with Gasteiger partial charge in [0.15, 0.2) is 0 Å². The van der Waals surface area contributed by atoms with Crippen LogP contribution in [0.15, 0.2) is 12.1 Å². The largest absolute Gasteiger partial charge is 0.507 e. The SMILES string of the molecule is CCCCCCCCCCC(C)c1cc(C(C)(C)C)cc(C)c1O. The van der Waals surface area contributed by atoms with Crippen LogP contribution in [0.3, 0.4) is 0 Å². The molecular formula is C23H40O. The maximum absolute atomic E-state index is 10.5. The molecule has 0 fully saturated rings. The third-order valence-electron chi connectivity index (χ3n) is 5.22. The maximum Gasteiger partial charge on any atom is 0.121 e. The fraction of sp³-hybridized carbons (Fsp3) is 0.739. The van der Waals surface area contributed by atoms with Crippen molar-refractivity contribution in [1.29, 1.82) is 0 Å². The molecule has 1 unspecified atom stereocenters. The van der Waals surface area contributed by atoms with E-state index < -0.39 is 0 Å². The van der Waals surface area contributed by atoms with Crippen LogP contribution in [0.5, 0.6) is 5.75 Å². The molecule has 0 aliphatic carbocycles. The van der Waals surface area contributed by atoms with Crippen molar-refractivity contribution in [3.05, 3.63) is 28.8 Å². The Balaban J connectivity index is 2.50. The Bertz CT molecular complexity index is 482. The van der Waals surface area contributed by atoms with Gasteiger partial charge in [0.1, 0.15) is 5.75 Å². The van der Waals surface area contributed by atoms with Crippen molar-refractivity contribution in [2.45, 2.75) is 111 Å². The Labute approximate surface area is 150 Å². The second-order valence-electron chi connectivity index (χ2n) is 8.65. The summed E-state index contributed by atoms with van der Waals surface area (Å²) in [6.07, 6.45) is 12.0. The molecule has 1 aromatic carbocycles. The van der Waals surface area contributed by atoms with E-state index in [2.05, 4.69) is 46.8 Å². The van der Waals surface area contributed by atoms with Crippen molar-refractivity contribution in [3.8, 4) is 5.75 Å². The molecule has 0 bridgehead atoms. The van der Waals surface area contributed by atoms with Crippen LogP contribution in [0.2, 0.25) is 0 Å². The normalized spacial score (nSPS) is 13.2. The first kappa shape index (κ1) is 21.1. The molecule has 0 aromatic heterocycles. The Morgan fingerprint density at radius 1 is 0.917 bits per heavy atom. The molecule has 0 spiro atoms. The second kappa shape index (κ2) is 10.1. The maximum atomic E-state index is 10.5. The third-order valence-corrected chi connectivity index (χ3v) is 5.22. The van der Waals surface area contributed by atoms with E-state index in [1.165, 1.54) is 63.4 Å². The molecule has 0 aliphatic rings. The van der Waals surface area contributed by atoms with Gasteiger partial charge in [0.05, 0.1) is 0 Å². The summed E-state index contributed by atoms with van der Waals surface area (Å²) in [6, 6.07) is 4.37. The second-order valence-corrected chi connectivity index (χ2v) is 8.65. The molecule has 0 heterocycles. The van der Waals surface area contributed by atoms with Gasteiger partial charge in [-0.2, -0.15) is 0 Å². The van der Waals surface area contributed by atoms with Crippen LogP contribution in [0.4, 0.5) is 0 Å². The van der Waals surface area contributed by atoms with Crippen molar-refractivity contribution >= 4 is 0 Å². The fourth-order valence-corrected chi connectivity index (χ4v) is 3.36. The average Bonchev–Trinajstić information content (AvgIpc) is 2.51. The Morgan fingerprint density at radius 3 is 2.00 bits per heavy atom. The lowest BCUT2D eigenvalue weighted by molar-refractivity contribution is 0.451. The zero-order chi connectivity index (χ0) is 18.2. The molecule has 138 valence electrons. The van der Waals surface area contributed by atoms with Crippen LogP contribution < -0.4 is 0 Å². The standard InChI is InChI=1S/C23H40O/c1-7-8-9-10-11-12-13-14-15-18(2)21-17-20(23(4,5)6)16-19(3)22(21)24/h16-18,24H,7-15H2,1-6H3. The Morgan fingerprint density at radius 2 is 1.46 bits per heavy atom. The van der Waals surface area contributed by atoms with E-state index in [0.717, 1.165) is 11.1 Å². The molecule has 0 radical (unpaired) electrons. The molecule has 1 atom stereocenters. The van der Waals surface area contributed by atoms with Crippen LogP contribution in [0.1, 0.15) is 115 Å². The van der Waals surface area contributed by atoms with Gasteiger partial charge in [-0.15, -0.1) is 0 Å². The summed E-state index contributed by atoms with van der Waals surface area (Å²) in [5.41, 5.74) is 3.62. The summed E-state index contributed by atoms with van der Waals surface area (Å²) in [4.78, 5) is 0. The smallest absolute Gasteiger partial charge is 0.121 e. The molecule has 0 amide bonds. The highest BCUT2D eigenvalue weighted by Gasteiger charge is 2.19. The van der Waals surface area contributed by atoms with Gasteiger partial charge in [-0.05, 0) is 41.4 Å². The molecule has 1 heteroatoms. The van der Waals surface area contributed by atoms with E-state index in [9.17, 15) is 5.11 Å². The number of hydrogen-bond acceptors (Lipinski definition) is 1. The molecule has 1 nitrogen and oxygen atoms in total. The first-order valence-electron chi connectivity index (χ1n) is 10.1. The number of benzene rings is 1. The minimum absolute atomic E-state index is 0.130. The zero-order valence-corrected chi connectivity index (χ0v) is 17.0. The zero-order valence-electron chi connectivity index (χ0n) is 17.0. The Hall–Kier alpha value is -0.980. The number of phenolic OH excluding ortho intramolecular Hbond substituents is 1. The van der Waals surface area contributed by atoms with Gasteiger partial charge in [0, 0.05) is 0 Å². The molecule has 1 N–H and O–H groups in total. The number of aryl methyl sites for hydroxylation is 1. The number of unbranched alkanes of at least 4 members (excludes halogenated alkanes) is 7. The lowest BCUT2D eigenvalue weighted by Gasteiger charge is -2.23. The molecular weight excluding hydrogens is 292 g/mol. The fourth-order valence-electron chi connectivity index (χ4n) is 3.36. The molecule has 0 saturated carbocycles. The Kier molecular flexibility index (Phi) is 8.87. The van der Waals surface area contributed by atoms with Crippen LogP contribution >= 0.6 is 0 Å². The van der Waals surface area contributed by atoms with E-state index in [1.807, 2.05) is 6.92 Å². The molecule has 0 saturated heterocycles. The van der Waals surface area contributed by atoms with Crippen molar-refractivity contribution in [3.63, 3.8) is 0 Å². The van der Waals surface area contributed by atoms with Gasteiger partial charge in [-0.25, -0.2) is 0 Å². The topological polar surface area (TPSA) is 20.2 Å². The first-order chi connectivity index (χ1) is 11.3. The summed E-state index contributed by atoms with van der Waals surface area (Å²) in [5.74, 6) is 0.946. The monoisotopic (exact) mass is 332 g/mol. The van der Waals surface area contributed by atoms with E-state index in [1.54, 1.807) is 0 Å². The summed E-state index contributed by atoms with van der Waals surface area (Å²) in [7, 11) is 0. The van der Waals surface area contributed by atoms with Crippen LogP contribution in [0.25, 0.3) is 0 Å². The lowest BCUT2D eigenvalue weighted by atomic mass is 9.82. The highest BCUT2D eigenvalue weighted by molar-refractivity contribution is 5.46. The van der Waals surface area contributed by atoms with Gasteiger partial charge >= 0.3 is 0 Å². The summed E-state index contributed by atoms with van der Waals surface area (Å²) < 4.78 is 0. The molecule has 1 aromatic rings. The highest BCUT2D eigenvalue weighted by Crippen LogP contribution is 2.36. The van der Waals surface area contributed by atoms with Gasteiger partial charge < -0.3 is 5.11 Å². The molecule has 1 rings (SSSR count). The van der Waals surface area contributed by atoms with Gasteiger partial charge in [0.25, 0.3) is 0 Å². The first-order valence-corrected chi connectivity index (χ1v) is 10.1. The van der Waals surface area contributed by atoms with Crippen LogP contribution in [0, 0.1) is 6.92 Å². The van der Waals surface area contributed by atoms with Crippen molar-refractivity contribution in [1.82, 2.24) is 0 Å². The van der Waals surface area contributed by atoms with Gasteiger partial charge in [0.2, 0.25) is 0 Å². The van der Waals surface area contributed by atoms with Gasteiger partial charge in [-0.3, -0.25) is 0 Å². The van der Waals surface area contributed by atoms with E-state index in [0.29, 0.717) is 11.7 Å². The van der Waals surface area contributed by atoms with Crippen molar-refractivity contribution < 1.29 is 5.11 Å². The molecule has 0 aliphatic heterocycles. The predicted octanol–water partition coefficient (Wildman–Crippen LogP) is 7.63. The number of aromatic hydroxyl groups is 1. The third kappa shape index (κ3) is 6.87. The van der Waals surface area contributed by atoms with E-state index in [4.69, 9.17) is 0 Å². The summed E-state index contributed by atoms with van der Waals surface area (Å²) in [6.45, 7) is 13.3. The minimum Gasteiger partial charge on any atom is -0.507 e. The average molecular weight is 333 g/mol. The van der Waals surface area contributed by atoms with Gasteiger partial charge in [-0.1, -0.05) is 98.1 Å². The number of rotatable bonds is 10. The summed E-state index contributed by atoms with van der Waals surface area (Å²) >= 11 is 0.